The third-order valence-corrected chi connectivity index (χ3v) is 8.23. The minimum Gasteiger partial charge on any atom is -0.468 e. The molecule has 270 valence electrons. The Morgan fingerprint density at radius 1 is 0.957 bits per heavy atom. The first-order chi connectivity index (χ1) is 21.8. The van der Waals surface area contributed by atoms with Crippen molar-refractivity contribution >= 4 is 36.0 Å². The molecule has 0 aliphatic heterocycles. The first kappa shape index (κ1) is 41.6. The van der Waals surface area contributed by atoms with Gasteiger partial charge >= 0.3 is 0 Å². The van der Waals surface area contributed by atoms with E-state index >= 15 is 0 Å². The van der Waals surface area contributed by atoms with Gasteiger partial charge in [-0.15, -0.1) is 0 Å². The molecule has 0 saturated heterocycles. The van der Waals surface area contributed by atoms with Crippen molar-refractivity contribution in [3.8, 4) is 0 Å². The second kappa shape index (κ2) is 18.8. The molecule has 0 spiro atoms. The number of rotatable bonds is 20. The maximum atomic E-state index is 13.0. The van der Waals surface area contributed by atoms with Crippen molar-refractivity contribution < 1.29 is 59.0 Å². The van der Waals surface area contributed by atoms with Gasteiger partial charge in [0.15, 0.2) is 0 Å². The fourth-order valence-electron chi connectivity index (χ4n) is 5.27. The molecule has 5 unspecified atom stereocenters. The van der Waals surface area contributed by atoms with Gasteiger partial charge in [-0.05, 0) is 26.2 Å². The predicted molar refractivity (Wildman–Crippen MR) is 166 cm³/mol. The number of nitrogens with one attached hydrogen (secondary N) is 5. The van der Waals surface area contributed by atoms with E-state index in [0.717, 1.165) is 0 Å². The Morgan fingerprint density at radius 3 is 2.11 bits per heavy atom. The van der Waals surface area contributed by atoms with Crippen LogP contribution >= 0.6 is 0 Å². The van der Waals surface area contributed by atoms with Crippen LogP contribution in [0.2, 0.25) is 0 Å². The Labute approximate surface area is 274 Å². The van der Waals surface area contributed by atoms with Crippen LogP contribution in [-0.4, -0.2) is 130 Å². The molecule has 17 heteroatoms. The molecule has 1 saturated carbocycles. The molecule has 0 radical (unpaired) electrons. The van der Waals surface area contributed by atoms with Crippen molar-refractivity contribution in [2.75, 3.05) is 32.8 Å². The smallest absolute Gasteiger partial charge is 0.293 e. The van der Waals surface area contributed by atoms with Gasteiger partial charge in [-0.2, -0.15) is 0 Å². The number of carbonyl (C=O) groups is 6. The fourth-order valence-corrected chi connectivity index (χ4v) is 5.27. The maximum absolute atomic E-state index is 13.0. The van der Waals surface area contributed by atoms with Crippen molar-refractivity contribution in [1.29, 1.82) is 0 Å². The zero-order valence-electron chi connectivity index (χ0n) is 27.8. The quantitative estimate of drug-likeness (QED) is 0.0449. The van der Waals surface area contributed by atoms with Gasteiger partial charge in [0.05, 0.1) is 31.5 Å². The van der Waals surface area contributed by atoms with Gasteiger partial charge in [0, 0.05) is 49.7 Å². The number of carbonyl (C=O) groups excluding carboxylic acids is 6. The SMILES string of the molecule is CCC(C)(CC(C)(C)C(=O)NCCCNC(=O)C(CCOC=O)NC(=O)CNC(=O)C1(O)CC(O)C(O)C(O)C1)C(=O)NCC(C)O. The van der Waals surface area contributed by atoms with E-state index in [9.17, 15) is 54.3 Å². The Morgan fingerprint density at radius 2 is 1.55 bits per heavy atom. The van der Waals surface area contributed by atoms with E-state index in [-0.39, 0.29) is 57.4 Å². The largest absolute Gasteiger partial charge is 0.468 e. The average molecular weight is 676 g/mol. The highest BCUT2D eigenvalue weighted by molar-refractivity contribution is 5.92. The molecule has 17 nitrogen and oxygen atoms in total. The molecule has 1 aliphatic carbocycles. The van der Waals surface area contributed by atoms with Crippen LogP contribution in [0.4, 0.5) is 0 Å². The number of aliphatic hydroxyl groups excluding tert-OH is 4. The summed E-state index contributed by atoms with van der Waals surface area (Å²) in [6, 6.07) is -1.17. The summed E-state index contributed by atoms with van der Waals surface area (Å²) in [6.45, 7) is 8.33. The van der Waals surface area contributed by atoms with Gasteiger partial charge in [-0.3, -0.25) is 28.8 Å². The fraction of sp³-hybridized carbons (Fsp3) is 0.800. The number of hydrogen-bond donors (Lipinski definition) is 10. The standard InChI is InChI=1S/C30H53N5O12/c1-6-29(5,26(44)33-14-18(2)37)16-28(3,4)25(43)32-10-7-9-31-24(42)19(8-11-47-17-36)35-22(40)15-34-27(45)30(46)12-20(38)23(41)21(39)13-30/h17-21,23,37-39,41,46H,6-16H2,1-5H3,(H,31,42)(H,32,43)(H,33,44)(H,34,45)(H,35,40). The van der Waals surface area contributed by atoms with Crippen LogP contribution in [0.5, 0.6) is 0 Å². The molecular weight excluding hydrogens is 622 g/mol. The van der Waals surface area contributed by atoms with Crippen molar-refractivity contribution in [1.82, 2.24) is 26.6 Å². The third-order valence-electron chi connectivity index (χ3n) is 8.23. The van der Waals surface area contributed by atoms with E-state index in [0.29, 0.717) is 12.8 Å². The Hall–Kier alpha value is -3.38. The molecule has 10 N–H and O–H groups in total. The van der Waals surface area contributed by atoms with Crippen molar-refractivity contribution in [2.24, 2.45) is 10.8 Å². The second-order valence-corrected chi connectivity index (χ2v) is 13.1. The second-order valence-electron chi connectivity index (χ2n) is 13.1. The Balaban J connectivity index is 2.61. The third kappa shape index (κ3) is 13.3. The number of amides is 5. The molecule has 0 aromatic carbocycles. The van der Waals surface area contributed by atoms with Gasteiger partial charge in [-0.1, -0.05) is 27.7 Å². The van der Waals surface area contributed by atoms with Crippen LogP contribution in [0.1, 0.15) is 73.1 Å². The molecule has 1 aliphatic rings. The summed E-state index contributed by atoms with van der Waals surface area (Å²) in [5.41, 5.74) is -3.99. The topological polar surface area (TPSA) is 273 Å². The molecule has 1 fully saturated rings. The summed E-state index contributed by atoms with van der Waals surface area (Å²) >= 11 is 0. The Kier molecular flexibility index (Phi) is 16.7. The first-order valence-electron chi connectivity index (χ1n) is 15.7. The van der Waals surface area contributed by atoms with Crippen LogP contribution < -0.4 is 26.6 Å². The zero-order valence-corrected chi connectivity index (χ0v) is 27.8. The van der Waals surface area contributed by atoms with E-state index < -0.39 is 84.0 Å². The maximum Gasteiger partial charge on any atom is 0.293 e. The Bertz CT molecular complexity index is 1080. The molecule has 0 bridgehead atoms. The predicted octanol–water partition coefficient (Wildman–Crippen LogP) is -3.29. The van der Waals surface area contributed by atoms with Gasteiger partial charge in [0.1, 0.15) is 17.7 Å². The molecule has 5 amide bonds. The van der Waals surface area contributed by atoms with Crippen LogP contribution in [-0.2, 0) is 33.5 Å². The van der Waals surface area contributed by atoms with Gasteiger partial charge in [0.2, 0.25) is 23.6 Å². The van der Waals surface area contributed by atoms with Gasteiger partial charge in [-0.25, -0.2) is 0 Å². The molecule has 0 aromatic heterocycles. The minimum atomic E-state index is -2.24. The number of hydrogen-bond acceptors (Lipinski definition) is 12. The van der Waals surface area contributed by atoms with Crippen LogP contribution in [0.3, 0.4) is 0 Å². The summed E-state index contributed by atoms with van der Waals surface area (Å²) < 4.78 is 4.63. The van der Waals surface area contributed by atoms with Crippen molar-refractivity contribution in [3.05, 3.63) is 0 Å². The van der Waals surface area contributed by atoms with E-state index in [1.54, 1.807) is 27.7 Å². The highest BCUT2D eigenvalue weighted by Gasteiger charge is 2.48. The zero-order chi connectivity index (χ0) is 36.0. The van der Waals surface area contributed by atoms with E-state index in [1.807, 2.05) is 6.92 Å². The van der Waals surface area contributed by atoms with E-state index in [4.69, 9.17) is 0 Å². The summed E-state index contributed by atoms with van der Waals surface area (Å²) in [4.78, 5) is 74.1. The highest BCUT2D eigenvalue weighted by Crippen LogP contribution is 2.37. The van der Waals surface area contributed by atoms with Gasteiger partial charge < -0.3 is 56.9 Å². The minimum absolute atomic E-state index is 0.101. The van der Waals surface area contributed by atoms with Crippen LogP contribution in [0.25, 0.3) is 0 Å². The highest BCUT2D eigenvalue weighted by atomic mass is 16.5. The summed E-state index contributed by atoms with van der Waals surface area (Å²) in [7, 11) is 0. The monoisotopic (exact) mass is 675 g/mol. The normalized spacial score (nSPS) is 23.7. The number of aliphatic hydroxyl groups is 5. The van der Waals surface area contributed by atoms with E-state index in [2.05, 4.69) is 31.3 Å². The van der Waals surface area contributed by atoms with E-state index in [1.165, 1.54) is 0 Å². The van der Waals surface area contributed by atoms with Crippen LogP contribution in [0.15, 0.2) is 0 Å². The lowest BCUT2D eigenvalue weighted by Crippen LogP contribution is -2.60. The summed E-state index contributed by atoms with van der Waals surface area (Å²) in [5, 5.41) is 62.0. The molecule has 1 rings (SSSR count). The number of ether oxygens (including phenoxy) is 1. The lowest BCUT2D eigenvalue weighted by Gasteiger charge is -2.39. The average Bonchev–Trinajstić information content (AvgIpc) is 2.99. The summed E-state index contributed by atoms with van der Waals surface area (Å²) in [5.74, 6) is -3.05. The molecule has 0 aromatic rings. The lowest BCUT2D eigenvalue weighted by molar-refractivity contribution is -0.173. The molecule has 47 heavy (non-hydrogen) atoms. The van der Waals surface area contributed by atoms with Crippen LogP contribution in [0, 0.1) is 10.8 Å². The molecule has 0 heterocycles. The first-order valence-corrected chi connectivity index (χ1v) is 15.7. The molecular formula is C30H53N5O12. The summed E-state index contributed by atoms with van der Waals surface area (Å²) in [6.07, 6.45) is -5.55. The van der Waals surface area contributed by atoms with Crippen molar-refractivity contribution in [2.45, 2.75) is 109 Å². The van der Waals surface area contributed by atoms with Gasteiger partial charge in [0.25, 0.3) is 12.4 Å². The lowest BCUT2D eigenvalue weighted by atomic mass is 9.71. The van der Waals surface area contributed by atoms with Crippen molar-refractivity contribution in [3.63, 3.8) is 0 Å². The molecule has 5 atom stereocenters.